The summed E-state index contributed by atoms with van der Waals surface area (Å²) < 4.78 is 7.64. The van der Waals surface area contributed by atoms with Crippen molar-refractivity contribution in [3.05, 3.63) is 0 Å². The Balaban J connectivity index is 4.91. The zero-order chi connectivity index (χ0) is 22.3. The molecule has 2 atom stereocenters. The van der Waals surface area contributed by atoms with Crippen molar-refractivity contribution in [2.75, 3.05) is 0 Å². The van der Waals surface area contributed by atoms with E-state index in [4.69, 9.17) is 20.4 Å². The second-order valence-electron chi connectivity index (χ2n) is 5.37. The summed E-state index contributed by atoms with van der Waals surface area (Å²) in [5.41, 5.74) is -6.28. The van der Waals surface area contributed by atoms with E-state index < -0.39 is 78.9 Å². The molecule has 0 aromatic heterocycles. The van der Waals surface area contributed by atoms with E-state index in [0.29, 0.717) is 0 Å². The Morgan fingerprint density at radius 3 is 1.07 bits per heavy atom. The van der Waals surface area contributed by atoms with Crippen LogP contribution in [0.15, 0.2) is 0 Å². The van der Waals surface area contributed by atoms with E-state index in [0.717, 1.165) is 0 Å². The smallest absolute Gasteiger partial charge is 0.481 e. The van der Waals surface area contributed by atoms with Gasteiger partial charge in [-0.15, -0.1) is 0 Å². The van der Waals surface area contributed by atoms with Crippen molar-refractivity contribution in [2.45, 2.75) is 36.9 Å². The van der Waals surface area contributed by atoms with Gasteiger partial charge in [-0.1, -0.05) is 0 Å². The molecular formula is C13H14O15. The molecule has 0 heterocycles. The Labute approximate surface area is 153 Å². The van der Waals surface area contributed by atoms with Crippen LogP contribution in [0.1, 0.15) is 25.7 Å². The number of carbonyl (C=O) groups excluding carboxylic acids is 3. The van der Waals surface area contributed by atoms with Crippen LogP contribution in [-0.2, 0) is 38.2 Å². The quantitative estimate of drug-likeness (QED) is 0.161. The van der Waals surface area contributed by atoms with Gasteiger partial charge < -0.3 is 40.1 Å². The summed E-state index contributed by atoms with van der Waals surface area (Å²) >= 11 is 0. The van der Waals surface area contributed by atoms with Gasteiger partial charge >= 0.3 is 42.0 Å². The molecule has 0 radical (unpaired) electrons. The molecule has 0 bridgehead atoms. The number of ether oxygens (including phenoxy) is 2. The molecule has 0 aromatic rings. The predicted molar refractivity (Wildman–Crippen MR) is 76.5 cm³/mol. The number of carboxylic acid groups (broad SMARTS) is 4. The molecule has 156 valence electrons. The van der Waals surface area contributed by atoms with Crippen LogP contribution >= 0.6 is 0 Å². The number of hydrogen-bond donors (Lipinski definition) is 6. The Kier molecular flexibility index (Phi) is 8.17. The molecule has 28 heavy (non-hydrogen) atoms. The summed E-state index contributed by atoms with van der Waals surface area (Å²) in [6.07, 6.45) is -8.06. The third kappa shape index (κ3) is 7.75. The minimum atomic E-state index is -3.14. The van der Waals surface area contributed by atoms with Crippen molar-refractivity contribution >= 4 is 42.0 Å². The molecule has 0 aromatic carbocycles. The zero-order valence-corrected chi connectivity index (χ0v) is 13.7. The van der Waals surface area contributed by atoms with Crippen LogP contribution < -0.4 is 0 Å². The number of carboxylic acids is 4. The molecule has 0 amide bonds. The molecule has 0 spiro atoms. The maximum atomic E-state index is 11.4. The van der Waals surface area contributed by atoms with E-state index in [2.05, 4.69) is 9.47 Å². The standard InChI is InChI=1S/C13H14O15/c14-5(15)1-12(25,9(20)21)3-7(18)27-11(24)28-8(19)4-13(26,10(22)23)2-6(16)17/h25-26H,1-4H2,(H,14,15)(H,16,17)(H,20,21)(H,22,23). The first-order valence-electron chi connectivity index (χ1n) is 6.92. The summed E-state index contributed by atoms with van der Waals surface area (Å²) in [6, 6.07) is 0. The van der Waals surface area contributed by atoms with Crippen LogP contribution in [0.5, 0.6) is 0 Å². The van der Waals surface area contributed by atoms with Gasteiger partial charge in [0.25, 0.3) is 0 Å². The first kappa shape index (κ1) is 24.4. The molecule has 0 aliphatic heterocycles. The number of rotatable bonds is 10. The Morgan fingerprint density at radius 1 is 0.571 bits per heavy atom. The van der Waals surface area contributed by atoms with Gasteiger partial charge in [-0.05, 0) is 0 Å². The van der Waals surface area contributed by atoms with Crippen molar-refractivity contribution < 1.29 is 73.7 Å². The van der Waals surface area contributed by atoms with Gasteiger partial charge in [0.05, 0.1) is 25.7 Å². The van der Waals surface area contributed by atoms with Gasteiger partial charge in [0.2, 0.25) is 0 Å². The number of esters is 2. The molecule has 0 saturated heterocycles. The largest absolute Gasteiger partial charge is 0.524 e. The van der Waals surface area contributed by atoms with Crippen molar-refractivity contribution in [3.8, 4) is 0 Å². The van der Waals surface area contributed by atoms with Crippen LogP contribution in [0.2, 0.25) is 0 Å². The number of aliphatic hydroxyl groups is 2. The lowest BCUT2D eigenvalue weighted by Gasteiger charge is -2.20. The summed E-state index contributed by atoms with van der Waals surface area (Å²) in [4.78, 5) is 76.7. The lowest BCUT2D eigenvalue weighted by atomic mass is 9.96. The van der Waals surface area contributed by atoms with E-state index in [9.17, 15) is 43.8 Å². The van der Waals surface area contributed by atoms with E-state index in [-0.39, 0.29) is 0 Å². The average Bonchev–Trinajstić information content (AvgIpc) is 2.43. The predicted octanol–water partition coefficient (Wildman–Crippen LogP) is -2.45. The van der Waals surface area contributed by atoms with Gasteiger partial charge in [0.1, 0.15) is 0 Å². The Bertz CT molecular complexity index is 651. The molecule has 0 saturated carbocycles. The fourth-order valence-electron chi connectivity index (χ4n) is 1.68. The van der Waals surface area contributed by atoms with Gasteiger partial charge in [-0.25, -0.2) is 14.4 Å². The van der Waals surface area contributed by atoms with Crippen LogP contribution in [0, 0.1) is 0 Å². The molecule has 0 rings (SSSR count). The highest BCUT2D eigenvalue weighted by atomic mass is 16.8. The molecule has 6 N–H and O–H groups in total. The van der Waals surface area contributed by atoms with Crippen LogP contribution in [-0.4, -0.2) is 83.8 Å². The summed E-state index contributed by atoms with van der Waals surface area (Å²) in [6.45, 7) is 0. The molecule has 0 fully saturated rings. The average molecular weight is 410 g/mol. The second-order valence-corrected chi connectivity index (χ2v) is 5.37. The monoisotopic (exact) mass is 410 g/mol. The summed E-state index contributed by atoms with van der Waals surface area (Å²) in [5.74, 6) is -11.5. The number of carbonyl (C=O) groups is 7. The van der Waals surface area contributed by atoms with E-state index in [1.807, 2.05) is 0 Å². The van der Waals surface area contributed by atoms with E-state index in [1.54, 1.807) is 0 Å². The first-order valence-corrected chi connectivity index (χ1v) is 6.92. The third-order valence-corrected chi connectivity index (χ3v) is 2.95. The summed E-state index contributed by atoms with van der Waals surface area (Å²) in [5, 5.41) is 53.6. The molecule has 0 aliphatic rings. The van der Waals surface area contributed by atoms with Crippen molar-refractivity contribution in [1.82, 2.24) is 0 Å². The van der Waals surface area contributed by atoms with Crippen molar-refractivity contribution in [3.63, 3.8) is 0 Å². The van der Waals surface area contributed by atoms with Gasteiger partial charge in [-0.2, -0.15) is 0 Å². The highest BCUT2D eigenvalue weighted by molar-refractivity contribution is 5.94. The molecule has 2 unspecified atom stereocenters. The highest BCUT2D eigenvalue weighted by Crippen LogP contribution is 2.19. The molecule has 15 nitrogen and oxygen atoms in total. The van der Waals surface area contributed by atoms with E-state index >= 15 is 0 Å². The van der Waals surface area contributed by atoms with Crippen molar-refractivity contribution in [1.29, 1.82) is 0 Å². The fourth-order valence-corrected chi connectivity index (χ4v) is 1.68. The normalized spacial score (nSPS) is 14.6. The number of aliphatic carboxylic acids is 4. The van der Waals surface area contributed by atoms with Crippen LogP contribution in [0.25, 0.3) is 0 Å². The minimum absolute atomic E-state index is 1.44. The Hall–Kier alpha value is -3.59. The maximum absolute atomic E-state index is 11.4. The molecule has 0 aliphatic carbocycles. The first-order chi connectivity index (χ1) is 12.6. The lowest BCUT2D eigenvalue weighted by Crippen LogP contribution is -2.44. The van der Waals surface area contributed by atoms with E-state index in [1.165, 1.54) is 0 Å². The SMILES string of the molecule is O=C(O)CC(O)(CC(=O)OC(=O)OC(=O)CC(O)(CC(=O)O)C(=O)O)C(=O)O. The maximum Gasteiger partial charge on any atom is 0.524 e. The van der Waals surface area contributed by atoms with Gasteiger partial charge in [-0.3, -0.25) is 19.2 Å². The number of hydrogen-bond acceptors (Lipinski definition) is 11. The van der Waals surface area contributed by atoms with Gasteiger partial charge in [0, 0.05) is 0 Å². The summed E-state index contributed by atoms with van der Waals surface area (Å²) in [7, 11) is 0. The third-order valence-electron chi connectivity index (χ3n) is 2.95. The van der Waals surface area contributed by atoms with Crippen LogP contribution in [0.4, 0.5) is 4.79 Å². The topological polar surface area (TPSA) is 259 Å². The molecular weight excluding hydrogens is 396 g/mol. The fraction of sp³-hybridized carbons (Fsp3) is 0.462. The Morgan fingerprint density at radius 2 is 0.857 bits per heavy atom. The second kappa shape index (κ2) is 9.38. The lowest BCUT2D eigenvalue weighted by molar-refractivity contribution is -0.172. The van der Waals surface area contributed by atoms with Crippen LogP contribution in [0.3, 0.4) is 0 Å². The minimum Gasteiger partial charge on any atom is -0.481 e. The molecule has 15 heteroatoms. The van der Waals surface area contributed by atoms with Crippen molar-refractivity contribution in [2.24, 2.45) is 0 Å². The zero-order valence-electron chi connectivity index (χ0n) is 13.7. The van der Waals surface area contributed by atoms with Gasteiger partial charge in [0.15, 0.2) is 11.2 Å². The highest BCUT2D eigenvalue weighted by Gasteiger charge is 2.43.